The summed E-state index contributed by atoms with van der Waals surface area (Å²) in [6.07, 6.45) is 0.800. The molecule has 0 bridgehead atoms. The van der Waals surface area contributed by atoms with Crippen LogP contribution in [0.3, 0.4) is 0 Å². The van der Waals surface area contributed by atoms with Gasteiger partial charge < -0.3 is 19.3 Å². The molecule has 0 aliphatic carbocycles. The van der Waals surface area contributed by atoms with E-state index in [1.165, 1.54) is 7.11 Å². The lowest BCUT2D eigenvalue weighted by atomic mass is 9.98. The van der Waals surface area contributed by atoms with Gasteiger partial charge in [-0.25, -0.2) is 4.79 Å². The summed E-state index contributed by atoms with van der Waals surface area (Å²) in [4.78, 5) is 27.8. The molecule has 1 aromatic rings. The van der Waals surface area contributed by atoms with E-state index >= 15 is 0 Å². The van der Waals surface area contributed by atoms with E-state index in [9.17, 15) is 9.59 Å². The standard InChI is InChI=1S/C19H28N2O4/c1-14(2)16-12-15(6-7-17(16)24-3)13-18(22)20-8-5-9-21(11-10-20)19(23)25-4/h6-7,12,14H,5,8-11,13H2,1-4H3. The van der Waals surface area contributed by atoms with Gasteiger partial charge in [-0.05, 0) is 29.5 Å². The third kappa shape index (κ3) is 4.87. The third-order valence-corrected chi connectivity index (χ3v) is 4.55. The smallest absolute Gasteiger partial charge is 0.409 e. The van der Waals surface area contributed by atoms with Crippen molar-refractivity contribution in [2.24, 2.45) is 0 Å². The van der Waals surface area contributed by atoms with Crippen LogP contribution in [-0.2, 0) is 16.0 Å². The number of rotatable bonds is 4. The fraction of sp³-hybridized carbons (Fsp3) is 0.579. The predicted molar refractivity (Wildman–Crippen MR) is 96.0 cm³/mol. The molecule has 1 aliphatic heterocycles. The van der Waals surface area contributed by atoms with Gasteiger partial charge in [0.25, 0.3) is 0 Å². The van der Waals surface area contributed by atoms with E-state index in [2.05, 4.69) is 19.9 Å². The van der Waals surface area contributed by atoms with Gasteiger partial charge in [-0.1, -0.05) is 26.0 Å². The van der Waals surface area contributed by atoms with Crippen LogP contribution < -0.4 is 4.74 Å². The Morgan fingerprint density at radius 2 is 1.76 bits per heavy atom. The van der Waals surface area contributed by atoms with Crippen LogP contribution in [-0.4, -0.2) is 62.2 Å². The Morgan fingerprint density at radius 1 is 1.08 bits per heavy atom. The molecule has 1 saturated heterocycles. The number of carbonyl (C=O) groups is 2. The van der Waals surface area contributed by atoms with E-state index in [1.54, 1.807) is 12.0 Å². The van der Waals surface area contributed by atoms with E-state index in [4.69, 9.17) is 9.47 Å². The van der Waals surface area contributed by atoms with Gasteiger partial charge in [0.2, 0.25) is 5.91 Å². The largest absolute Gasteiger partial charge is 0.496 e. The SMILES string of the molecule is COC(=O)N1CCCN(C(=O)Cc2ccc(OC)c(C(C)C)c2)CC1. The van der Waals surface area contributed by atoms with Gasteiger partial charge in [-0.3, -0.25) is 4.79 Å². The van der Waals surface area contributed by atoms with E-state index in [1.807, 2.05) is 17.0 Å². The van der Waals surface area contributed by atoms with Crippen LogP contribution in [0.25, 0.3) is 0 Å². The molecule has 0 atom stereocenters. The second kappa shape index (κ2) is 8.74. The first-order valence-corrected chi connectivity index (χ1v) is 8.73. The summed E-state index contributed by atoms with van der Waals surface area (Å²) >= 11 is 0. The van der Waals surface area contributed by atoms with Crippen LogP contribution in [0.15, 0.2) is 18.2 Å². The van der Waals surface area contributed by atoms with Crippen LogP contribution in [0.2, 0.25) is 0 Å². The number of hydrogen-bond donors (Lipinski definition) is 0. The molecular formula is C19H28N2O4. The van der Waals surface area contributed by atoms with Crippen molar-refractivity contribution < 1.29 is 19.1 Å². The van der Waals surface area contributed by atoms with Gasteiger partial charge in [0.15, 0.2) is 0 Å². The van der Waals surface area contributed by atoms with Gasteiger partial charge in [-0.15, -0.1) is 0 Å². The molecule has 25 heavy (non-hydrogen) atoms. The number of amides is 2. The summed E-state index contributed by atoms with van der Waals surface area (Å²) in [6, 6.07) is 5.93. The summed E-state index contributed by atoms with van der Waals surface area (Å²) in [6.45, 7) is 6.56. The molecule has 1 heterocycles. The molecule has 0 N–H and O–H groups in total. The number of hydrogen-bond acceptors (Lipinski definition) is 4. The van der Waals surface area contributed by atoms with Crippen LogP contribution in [0.5, 0.6) is 5.75 Å². The van der Waals surface area contributed by atoms with Crippen molar-refractivity contribution in [2.45, 2.75) is 32.6 Å². The first-order chi connectivity index (χ1) is 12.0. The summed E-state index contributed by atoms with van der Waals surface area (Å²) in [5.74, 6) is 1.28. The van der Waals surface area contributed by atoms with Crippen molar-refractivity contribution in [1.29, 1.82) is 0 Å². The molecule has 1 aliphatic rings. The first-order valence-electron chi connectivity index (χ1n) is 8.73. The highest BCUT2D eigenvalue weighted by Gasteiger charge is 2.22. The van der Waals surface area contributed by atoms with Crippen molar-refractivity contribution in [3.63, 3.8) is 0 Å². The molecule has 138 valence electrons. The van der Waals surface area contributed by atoms with Crippen LogP contribution in [0.1, 0.15) is 37.3 Å². The summed E-state index contributed by atoms with van der Waals surface area (Å²) in [5.41, 5.74) is 2.10. The Morgan fingerprint density at radius 3 is 2.40 bits per heavy atom. The second-order valence-corrected chi connectivity index (χ2v) is 6.60. The summed E-state index contributed by atoms with van der Waals surface area (Å²) in [7, 11) is 3.04. The lowest BCUT2D eigenvalue weighted by Crippen LogP contribution is -2.37. The number of ether oxygens (including phenoxy) is 2. The zero-order chi connectivity index (χ0) is 18.4. The maximum Gasteiger partial charge on any atom is 0.409 e. The minimum atomic E-state index is -0.328. The van der Waals surface area contributed by atoms with E-state index in [0.717, 1.165) is 23.3 Å². The van der Waals surface area contributed by atoms with Crippen molar-refractivity contribution in [1.82, 2.24) is 9.80 Å². The molecule has 6 heteroatoms. The summed E-state index contributed by atoms with van der Waals surface area (Å²) < 4.78 is 10.2. The van der Waals surface area contributed by atoms with E-state index < -0.39 is 0 Å². The molecule has 0 saturated carbocycles. The normalized spacial score (nSPS) is 15.1. The van der Waals surface area contributed by atoms with Crippen LogP contribution in [0.4, 0.5) is 4.79 Å². The van der Waals surface area contributed by atoms with E-state index in [0.29, 0.717) is 38.5 Å². The highest BCUT2D eigenvalue weighted by Crippen LogP contribution is 2.27. The maximum absolute atomic E-state index is 12.7. The predicted octanol–water partition coefficient (Wildman–Crippen LogP) is 2.66. The van der Waals surface area contributed by atoms with Crippen molar-refractivity contribution in [3.8, 4) is 5.75 Å². The second-order valence-electron chi connectivity index (χ2n) is 6.60. The average molecular weight is 348 g/mol. The Hall–Kier alpha value is -2.24. The summed E-state index contributed by atoms with van der Waals surface area (Å²) in [5, 5.41) is 0. The molecule has 6 nitrogen and oxygen atoms in total. The minimum Gasteiger partial charge on any atom is -0.496 e. The fourth-order valence-corrected chi connectivity index (χ4v) is 3.11. The van der Waals surface area contributed by atoms with Crippen LogP contribution in [0, 0.1) is 0 Å². The molecule has 1 aromatic carbocycles. The number of carbonyl (C=O) groups excluding carboxylic acids is 2. The van der Waals surface area contributed by atoms with Gasteiger partial charge in [0.1, 0.15) is 5.75 Å². The van der Waals surface area contributed by atoms with Gasteiger partial charge in [0, 0.05) is 26.2 Å². The lowest BCUT2D eigenvalue weighted by molar-refractivity contribution is -0.130. The lowest BCUT2D eigenvalue weighted by Gasteiger charge is -2.22. The molecular weight excluding hydrogens is 320 g/mol. The molecule has 2 amide bonds. The fourth-order valence-electron chi connectivity index (χ4n) is 3.11. The molecule has 0 unspecified atom stereocenters. The minimum absolute atomic E-state index is 0.0894. The van der Waals surface area contributed by atoms with Crippen molar-refractivity contribution in [3.05, 3.63) is 29.3 Å². The zero-order valence-electron chi connectivity index (χ0n) is 15.6. The Kier molecular flexibility index (Phi) is 6.67. The van der Waals surface area contributed by atoms with Crippen molar-refractivity contribution >= 4 is 12.0 Å². The zero-order valence-corrected chi connectivity index (χ0v) is 15.6. The Bertz CT molecular complexity index is 615. The van der Waals surface area contributed by atoms with E-state index in [-0.39, 0.29) is 12.0 Å². The number of benzene rings is 1. The quantitative estimate of drug-likeness (QED) is 0.839. The first kappa shape index (κ1) is 19.1. The Labute approximate surface area is 149 Å². The Balaban J connectivity index is 2.02. The molecule has 2 rings (SSSR count). The molecule has 1 fully saturated rings. The average Bonchev–Trinajstić information content (AvgIpc) is 2.87. The maximum atomic E-state index is 12.7. The highest BCUT2D eigenvalue weighted by atomic mass is 16.5. The van der Waals surface area contributed by atoms with Gasteiger partial charge in [0.05, 0.1) is 20.6 Å². The topological polar surface area (TPSA) is 59.1 Å². The highest BCUT2D eigenvalue weighted by molar-refractivity contribution is 5.79. The third-order valence-electron chi connectivity index (χ3n) is 4.55. The van der Waals surface area contributed by atoms with Crippen LogP contribution >= 0.6 is 0 Å². The number of nitrogens with zero attached hydrogens (tertiary/aromatic N) is 2. The van der Waals surface area contributed by atoms with Gasteiger partial charge >= 0.3 is 6.09 Å². The molecule has 0 aromatic heterocycles. The molecule has 0 spiro atoms. The van der Waals surface area contributed by atoms with Crippen molar-refractivity contribution in [2.75, 3.05) is 40.4 Å². The molecule has 0 radical (unpaired) electrons. The van der Waals surface area contributed by atoms with Gasteiger partial charge in [-0.2, -0.15) is 0 Å². The monoisotopic (exact) mass is 348 g/mol. The number of methoxy groups -OCH3 is 2.